The molecule has 0 aliphatic heterocycles. The van der Waals surface area contributed by atoms with Gasteiger partial charge in [-0.3, -0.25) is 4.99 Å². The molecule has 1 nitrogen and oxygen atoms in total. The number of para-hydroxylation sites is 1. The van der Waals surface area contributed by atoms with Crippen LogP contribution < -0.4 is 0 Å². The van der Waals surface area contributed by atoms with Gasteiger partial charge in [0.15, 0.2) is 0 Å². The number of nitrogens with zero attached hydrogens (tertiary/aromatic N) is 1. The Kier molecular flexibility index (Phi) is 2.70. The maximum absolute atomic E-state index is 4.70. The van der Waals surface area contributed by atoms with Crippen LogP contribution in [0.4, 0.5) is 5.69 Å². The Morgan fingerprint density at radius 1 is 1.11 bits per heavy atom. The van der Waals surface area contributed by atoms with Crippen LogP contribution in [0, 0.1) is 16.7 Å². The number of hydrogen-bond acceptors (Lipinski definition) is 1. The third kappa shape index (κ3) is 1.79. The zero-order chi connectivity index (χ0) is 13.7. The second-order valence-electron chi connectivity index (χ2n) is 6.83. The molecular weight excluding hydrogens is 230 g/mol. The van der Waals surface area contributed by atoms with Gasteiger partial charge in [0, 0.05) is 12.1 Å². The number of aliphatic imine (C=N–C) groups is 1. The van der Waals surface area contributed by atoms with Crippen molar-refractivity contribution in [2.45, 2.75) is 40.5 Å². The van der Waals surface area contributed by atoms with E-state index >= 15 is 0 Å². The summed E-state index contributed by atoms with van der Waals surface area (Å²) < 4.78 is 0. The summed E-state index contributed by atoms with van der Waals surface area (Å²) in [4.78, 5) is 4.70. The van der Waals surface area contributed by atoms with Gasteiger partial charge in [0.05, 0.1) is 5.69 Å². The van der Waals surface area contributed by atoms with E-state index in [1.54, 1.807) is 11.1 Å². The second-order valence-corrected chi connectivity index (χ2v) is 6.83. The van der Waals surface area contributed by atoms with Crippen molar-refractivity contribution in [2.75, 3.05) is 0 Å². The number of allylic oxidation sites excluding steroid dienone is 2. The van der Waals surface area contributed by atoms with E-state index in [4.69, 9.17) is 4.99 Å². The maximum atomic E-state index is 4.70. The molecule has 1 saturated carbocycles. The lowest BCUT2D eigenvalue weighted by atomic mass is 9.72. The Hall–Kier alpha value is -1.37. The molecule has 2 bridgehead atoms. The normalized spacial score (nSPS) is 37.6. The summed E-state index contributed by atoms with van der Waals surface area (Å²) in [6, 6.07) is 10.3. The summed E-state index contributed by atoms with van der Waals surface area (Å²) in [7, 11) is 0. The molecule has 1 heteroatoms. The molecule has 0 aromatic heterocycles. The lowest BCUT2D eigenvalue weighted by molar-refractivity contribution is 0.365. The van der Waals surface area contributed by atoms with E-state index in [1.807, 2.05) is 18.2 Å². The van der Waals surface area contributed by atoms with Crippen LogP contribution in [-0.2, 0) is 0 Å². The van der Waals surface area contributed by atoms with Crippen LogP contribution in [0.3, 0.4) is 0 Å². The van der Waals surface area contributed by atoms with Gasteiger partial charge in [0.2, 0.25) is 0 Å². The molecule has 1 fully saturated rings. The highest BCUT2D eigenvalue weighted by Gasteiger charge is 2.56. The first-order chi connectivity index (χ1) is 8.96. The predicted molar refractivity (Wildman–Crippen MR) is 81.9 cm³/mol. The highest BCUT2D eigenvalue weighted by Crippen LogP contribution is 2.65. The first-order valence-corrected chi connectivity index (χ1v) is 7.23. The van der Waals surface area contributed by atoms with Gasteiger partial charge in [-0.2, -0.15) is 0 Å². The van der Waals surface area contributed by atoms with E-state index in [0.29, 0.717) is 16.7 Å². The number of benzene rings is 1. The SMILES string of the molecule is CC1=C(C)C2(C)CC1(C)CC2C=Nc1ccccc1. The number of rotatable bonds is 2. The van der Waals surface area contributed by atoms with Crippen LogP contribution in [0.25, 0.3) is 0 Å². The molecule has 0 amide bonds. The lowest BCUT2D eigenvalue weighted by Gasteiger charge is -2.32. The molecule has 0 spiro atoms. The molecule has 2 aliphatic carbocycles. The van der Waals surface area contributed by atoms with E-state index in [2.05, 4.69) is 46.0 Å². The van der Waals surface area contributed by atoms with Crippen molar-refractivity contribution >= 4 is 11.9 Å². The van der Waals surface area contributed by atoms with Gasteiger partial charge in [-0.25, -0.2) is 0 Å². The van der Waals surface area contributed by atoms with Gasteiger partial charge in [0.1, 0.15) is 0 Å². The van der Waals surface area contributed by atoms with Crippen molar-refractivity contribution in [2.24, 2.45) is 21.7 Å². The molecule has 0 radical (unpaired) electrons. The maximum Gasteiger partial charge on any atom is 0.0625 e. The summed E-state index contributed by atoms with van der Waals surface area (Å²) in [6.45, 7) is 9.49. The fourth-order valence-electron chi connectivity index (χ4n) is 4.21. The molecule has 0 N–H and O–H groups in total. The van der Waals surface area contributed by atoms with E-state index < -0.39 is 0 Å². The molecule has 100 valence electrons. The molecule has 19 heavy (non-hydrogen) atoms. The second kappa shape index (κ2) is 4.06. The number of hydrogen-bond donors (Lipinski definition) is 0. The molecular formula is C18H23N. The molecule has 3 unspecified atom stereocenters. The molecule has 2 aliphatic rings. The summed E-state index contributed by atoms with van der Waals surface area (Å²) in [5.41, 5.74) is 5.03. The minimum absolute atomic E-state index is 0.330. The predicted octanol–water partition coefficient (Wildman–Crippen LogP) is 5.16. The highest BCUT2D eigenvalue weighted by atomic mass is 14.7. The van der Waals surface area contributed by atoms with Crippen LogP contribution in [0.2, 0.25) is 0 Å². The molecule has 3 atom stereocenters. The quantitative estimate of drug-likeness (QED) is 0.510. The minimum atomic E-state index is 0.330. The monoisotopic (exact) mass is 253 g/mol. The van der Waals surface area contributed by atoms with E-state index in [0.717, 1.165) is 5.69 Å². The summed E-state index contributed by atoms with van der Waals surface area (Å²) in [5.74, 6) is 0.585. The van der Waals surface area contributed by atoms with Gasteiger partial charge in [-0.15, -0.1) is 0 Å². The Morgan fingerprint density at radius 2 is 1.79 bits per heavy atom. The Labute approximate surface area is 116 Å². The molecule has 0 saturated heterocycles. The largest absolute Gasteiger partial charge is 0.261 e. The fourth-order valence-corrected chi connectivity index (χ4v) is 4.21. The zero-order valence-corrected chi connectivity index (χ0v) is 12.4. The Morgan fingerprint density at radius 3 is 2.37 bits per heavy atom. The average molecular weight is 253 g/mol. The Bertz CT molecular complexity index is 554. The van der Waals surface area contributed by atoms with Crippen molar-refractivity contribution in [1.82, 2.24) is 0 Å². The zero-order valence-electron chi connectivity index (χ0n) is 12.4. The van der Waals surface area contributed by atoms with Gasteiger partial charge >= 0.3 is 0 Å². The third-order valence-corrected chi connectivity index (χ3v) is 5.73. The van der Waals surface area contributed by atoms with Crippen molar-refractivity contribution in [1.29, 1.82) is 0 Å². The fraction of sp³-hybridized carbons (Fsp3) is 0.500. The van der Waals surface area contributed by atoms with Crippen LogP contribution in [0.5, 0.6) is 0 Å². The van der Waals surface area contributed by atoms with Crippen molar-refractivity contribution in [3.8, 4) is 0 Å². The van der Waals surface area contributed by atoms with Gasteiger partial charge in [-0.1, -0.05) is 43.2 Å². The molecule has 0 heterocycles. The Balaban J connectivity index is 1.88. The lowest BCUT2D eigenvalue weighted by Crippen LogP contribution is -2.25. The molecule has 1 aromatic carbocycles. The van der Waals surface area contributed by atoms with E-state index in [-0.39, 0.29) is 0 Å². The minimum Gasteiger partial charge on any atom is -0.261 e. The van der Waals surface area contributed by atoms with E-state index in [1.165, 1.54) is 12.8 Å². The number of fused-ring (bicyclic) bond motifs is 2. The highest BCUT2D eigenvalue weighted by molar-refractivity contribution is 5.69. The summed E-state index contributed by atoms with van der Waals surface area (Å²) in [6.07, 6.45) is 4.75. The first kappa shape index (κ1) is 12.7. The van der Waals surface area contributed by atoms with Crippen molar-refractivity contribution in [3.05, 3.63) is 41.5 Å². The van der Waals surface area contributed by atoms with Crippen molar-refractivity contribution < 1.29 is 0 Å². The van der Waals surface area contributed by atoms with Gasteiger partial charge in [0.25, 0.3) is 0 Å². The smallest absolute Gasteiger partial charge is 0.0625 e. The standard InChI is InChI=1S/C18H23N/c1-13-14(2)18(4)12-17(13,3)10-15(18)11-19-16-8-6-5-7-9-16/h5-9,11,15H,10,12H2,1-4H3. The van der Waals surface area contributed by atoms with Gasteiger partial charge in [-0.05, 0) is 49.7 Å². The molecule has 3 rings (SSSR count). The topological polar surface area (TPSA) is 12.4 Å². The van der Waals surface area contributed by atoms with Gasteiger partial charge < -0.3 is 0 Å². The van der Waals surface area contributed by atoms with Crippen LogP contribution in [-0.4, -0.2) is 6.21 Å². The van der Waals surface area contributed by atoms with Crippen LogP contribution in [0.1, 0.15) is 40.5 Å². The third-order valence-electron chi connectivity index (χ3n) is 5.73. The van der Waals surface area contributed by atoms with E-state index in [9.17, 15) is 0 Å². The van der Waals surface area contributed by atoms with Crippen LogP contribution in [0.15, 0.2) is 46.5 Å². The summed E-state index contributed by atoms with van der Waals surface area (Å²) in [5, 5.41) is 0. The molecule has 1 aromatic rings. The van der Waals surface area contributed by atoms with Crippen LogP contribution >= 0.6 is 0 Å². The first-order valence-electron chi connectivity index (χ1n) is 7.23. The summed E-state index contributed by atoms with van der Waals surface area (Å²) >= 11 is 0. The average Bonchev–Trinajstić information content (AvgIpc) is 2.77. The van der Waals surface area contributed by atoms with Crippen molar-refractivity contribution in [3.63, 3.8) is 0 Å².